The largest absolute Gasteiger partial charge is 0.344 e. The molecule has 4 nitrogen and oxygen atoms in total. The highest BCUT2D eigenvalue weighted by atomic mass is 32.1. The fourth-order valence-electron chi connectivity index (χ4n) is 1.80. The van der Waals surface area contributed by atoms with Crippen molar-refractivity contribution in [2.75, 3.05) is 13.6 Å². The van der Waals surface area contributed by atoms with Gasteiger partial charge >= 0.3 is 0 Å². The molecule has 1 rings (SSSR count). The number of aromatic nitrogens is 1. The molecule has 0 aliphatic rings. The van der Waals surface area contributed by atoms with Crippen molar-refractivity contribution in [2.45, 2.75) is 38.6 Å². The Morgan fingerprint density at radius 1 is 1.65 bits per heavy atom. The zero-order valence-electron chi connectivity index (χ0n) is 10.8. The zero-order valence-corrected chi connectivity index (χ0v) is 11.6. The number of likely N-dealkylation sites (N-methyl/N-ethyl adjacent to an activating group) is 1. The minimum absolute atomic E-state index is 0.0101. The van der Waals surface area contributed by atoms with Crippen LogP contribution in [0, 0.1) is 0 Å². The summed E-state index contributed by atoms with van der Waals surface area (Å²) in [6, 6.07) is 0. The zero-order chi connectivity index (χ0) is 12.9. The summed E-state index contributed by atoms with van der Waals surface area (Å²) < 4.78 is 0. The van der Waals surface area contributed by atoms with E-state index < -0.39 is 5.54 Å². The van der Waals surface area contributed by atoms with Gasteiger partial charge in [-0.25, -0.2) is 4.98 Å². The summed E-state index contributed by atoms with van der Waals surface area (Å²) in [5.41, 5.74) is 5.27. The molecular formula is C12H21N3OS. The summed E-state index contributed by atoms with van der Waals surface area (Å²) in [6.45, 7) is 4.51. The molecule has 1 amide bonds. The summed E-state index contributed by atoms with van der Waals surface area (Å²) in [4.78, 5) is 18.0. The first-order valence-electron chi connectivity index (χ1n) is 5.90. The van der Waals surface area contributed by atoms with Crippen LogP contribution in [0.15, 0.2) is 11.6 Å². The maximum atomic E-state index is 12.1. The van der Waals surface area contributed by atoms with Gasteiger partial charge in [0.2, 0.25) is 5.91 Å². The average molecular weight is 255 g/mol. The second kappa shape index (κ2) is 6.12. The van der Waals surface area contributed by atoms with E-state index in [0.717, 1.165) is 17.8 Å². The first kappa shape index (κ1) is 14.1. The lowest BCUT2D eigenvalue weighted by atomic mass is 9.96. The van der Waals surface area contributed by atoms with Gasteiger partial charge in [0.1, 0.15) is 0 Å². The summed E-state index contributed by atoms with van der Waals surface area (Å²) in [5, 5.41) is 3.00. The molecule has 0 radical (unpaired) electrons. The lowest BCUT2D eigenvalue weighted by Crippen LogP contribution is -2.52. The third kappa shape index (κ3) is 4.09. The predicted octanol–water partition coefficient (Wildman–Crippen LogP) is 1.66. The highest BCUT2D eigenvalue weighted by Crippen LogP contribution is 2.13. The second-order valence-corrected chi connectivity index (χ2v) is 5.55. The van der Waals surface area contributed by atoms with Crippen molar-refractivity contribution in [3.8, 4) is 0 Å². The summed E-state index contributed by atoms with van der Waals surface area (Å²) in [6.07, 6.45) is 4.21. The van der Waals surface area contributed by atoms with Crippen molar-refractivity contribution in [2.24, 2.45) is 5.73 Å². The Kier molecular flexibility index (Phi) is 5.08. The Bertz CT molecular complexity index is 349. The molecular weight excluding hydrogens is 234 g/mol. The maximum absolute atomic E-state index is 12.1. The van der Waals surface area contributed by atoms with Crippen molar-refractivity contribution >= 4 is 17.2 Å². The van der Waals surface area contributed by atoms with E-state index in [0.29, 0.717) is 13.0 Å². The van der Waals surface area contributed by atoms with Crippen LogP contribution < -0.4 is 5.73 Å². The number of hydrogen-bond acceptors (Lipinski definition) is 4. The van der Waals surface area contributed by atoms with Crippen molar-refractivity contribution in [1.82, 2.24) is 9.88 Å². The lowest BCUT2D eigenvalue weighted by molar-refractivity contribution is -0.135. The molecule has 17 heavy (non-hydrogen) atoms. The third-order valence-corrected chi connectivity index (χ3v) is 3.59. The number of hydrogen-bond donors (Lipinski definition) is 1. The van der Waals surface area contributed by atoms with Gasteiger partial charge in [-0.15, -0.1) is 11.3 Å². The van der Waals surface area contributed by atoms with Gasteiger partial charge in [0, 0.05) is 31.6 Å². The standard InChI is InChI=1S/C12H21N3OS/c1-4-6-12(2,13)11(16)15(3)8-5-10-14-7-9-17-10/h7,9H,4-6,8,13H2,1-3H3. The van der Waals surface area contributed by atoms with E-state index in [1.807, 2.05) is 12.3 Å². The van der Waals surface area contributed by atoms with Gasteiger partial charge < -0.3 is 10.6 Å². The van der Waals surface area contributed by atoms with E-state index in [1.54, 1.807) is 36.4 Å². The second-order valence-electron chi connectivity index (χ2n) is 4.57. The normalized spacial score (nSPS) is 14.4. The summed E-state index contributed by atoms with van der Waals surface area (Å²) in [7, 11) is 1.80. The number of rotatable bonds is 6. The maximum Gasteiger partial charge on any atom is 0.242 e. The molecule has 96 valence electrons. The molecule has 2 N–H and O–H groups in total. The third-order valence-electron chi connectivity index (χ3n) is 2.75. The van der Waals surface area contributed by atoms with Gasteiger partial charge in [-0.2, -0.15) is 0 Å². The van der Waals surface area contributed by atoms with Gasteiger partial charge in [0.25, 0.3) is 0 Å². The molecule has 0 saturated heterocycles. The predicted molar refractivity (Wildman–Crippen MR) is 71.0 cm³/mol. The fourth-order valence-corrected chi connectivity index (χ4v) is 2.41. The van der Waals surface area contributed by atoms with Gasteiger partial charge in [-0.3, -0.25) is 4.79 Å². The van der Waals surface area contributed by atoms with E-state index in [9.17, 15) is 4.79 Å². The van der Waals surface area contributed by atoms with Crippen LogP contribution in [-0.4, -0.2) is 34.9 Å². The smallest absolute Gasteiger partial charge is 0.242 e. The SMILES string of the molecule is CCCC(C)(N)C(=O)N(C)CCc1nccs1. The Morgan fingerprint density at radius 2 is 2.35 bits per heavy atom. The van der Waals surface area contributed by atoms with Crippen molar-refractivity contribution < 1.29 is 4.79 Å². The van der Waals surface area contributed by atoms with Crippen LogP contribution in [0.5, 0.6) is 0 Å². The number of thiazole rings is 1. The van der Waals surface area contributed by atoms with Crippen LogP contribution in [0.25, 0.3) is 0 Å². The van der Waals surface area contributed by atoms with Crippen LogP contribution in [0.2, 0.25) is 0 Å². The monoisotopic (exact) mass is 255 g/mol. The first-order valence-corrected chi connectivity index (χ1v) is 6.78. The fraction of sp³-hybridized carbons (Fsp3) is 0.667. The van der Waals surface area contributed by atoms with Gasteiger partial charge in [-0.1, -0.05) is 13.3 Å². The van der Waals surface area contributed by atoms with E-state index in [-0.39, 0.29) is 5.91 Å². The molecule has 0 aromatic carbocycles. The molecule has 1 heterocycles. The van der Waals surface area contributed by atoms with Crippen molar-refractivity contribution in [3.05, 3.63) is 16.6 Å². The number of amides is 1. The number of carbonyl (C=O) groups is 1. The summed E-state index contributed by atoms with van der Waals surface area (Å²) >= 11 is 1.61. The van der Waals surface area contributed by atoms with Gasteiger partial charge in [-0.05, 0) is 13.3 Å². The van der Waals surface area contributed by atoms with Gasteiger partial charge in [0.15, 0.2) is 0 Å². The molecule has 0 aliphatic heterocycles. The first-order chi connectivity index (χ1) is 7.97. The van der Waals surface area contributed by atoms with Crippen LogP contribution in [0.1, 0.15) is 31.7 Å². The Labute approximate surface area is 107 Å². The van der Waals surface area contributed by atoms with E-state index in [1.165, 1.54) is 0 Å². The average Bonchev–Trinajstić information content (AvgIpc) is 2.77. The molecule has 1 unspecified atom stereocenters. The molecule has 0 fully saturated rings. The quantitative estimate of drug-likeness (QED) is 0.841. The lowest BCUT2D eigenvalue weighted by Gasteiger charge is -2.28. The minimum Gasteiger partial charge on any atom is -0.344 e. The summed E-state index contributed by atoms with van der Waals surface area (Å²) in [5.74, 6) is 0.0101. The Hall–Kier alpha value is -0.940. The van der Waals surface area contributed by atoms with Crippen molar-refractivity contribution in [1.29, 1.82) is 0 Å². The number of nitrogens with two attached hydrogens (primary N) is 1. The molecule has 0 bridgehead atoms. The molecule has 0 aliphatic carbocycles. The minimum atomic E-state index is -0.744. The van der Waals surface area contributed by atoms with E-state index >= 15 is 0 Å². The van der Waals surface area contributed by atoms with E-state index in [2.05, 4.69) is 4.98 Å². The highest BCUT2D eigenvalue weighted by molar-refractivity contribution is 7.09. The Balaban J connectivity index is 2.46. The number of carbonyl (C=O) groups excluding carboxylic acids is 1. The van der Waals surface area contributed by atoms with Gasteiger partial charge in [0.05, 0.1) is 10.5 Å². The molecule has 0 saturated carbocycles. The topological polar surface area (TPSA) is 59.2 Å². The van der Waals surface area contributed by atoms with E-state index in [4.69, 9.17) is 5.73 Å². The molecule has 1 aromatic rings. The van der Waals surface area contributed by atoms with Crippen LogP contribution in [0.4, 0.5) is 0 Å². The molecule has 1 atom stereocenters. The molecule has 1 aromatic heterocycles. The molecule has 0 spiro atoms. The molecule has 5 heteroatoms. The highest BCUT2D eigenvalue weighted by Gasteiger charge is 2.29. The van der Waals surface area contributed by atoms with Crippen LogP contribution in [-0.2, 0) is 11.2 Å². The van der Waals surface area contributed by atoms with Crippen LogP contribution in [0.3, 0.4) is 0 Å². The van der Waals surface area contributed by atoms with Crippen molar-refractivity contribution in [3.63, 3.8) is 0 Å². The Morgan fingerprint density at radius 3 is 2.88 bits per heavy atom. The van der Waals surface area contributed by atoms with Crippen LogP contribution >= 0.6 is 11.3 Å². The number of nitrogens with zero attached hydrogens (tertiary/aromatic N) is 2.